The maximum Gasteiger partial charge on any atom is 0.261 e. The number of hydrogen-bond acceptors (Lipinski definition) is 7. The summed E-state index contributed by atoms with van der Waals surface area (Å²) in [6, 6.07) is 15.2. The molecular formula is C27H28ClN7O2. The van der Waals surface area contributed by atoms with Gasteiger partial charge in [-0.1, -0.05) is 23.7 Å². The molecule has 1 saturated heterocycles. The van der Waals surface area contributed by atoms with E-state index in [0.29, 0.717) is 34.2 Å². The van der Waals surface area contributed by atoms with Gasteiger partial charge in [-0.05, 0) is 48.4 Å². The van der Waals surface area contributed by atoms with Gasteiger partial charge in [-0.3, -0.25) is 9.69 Å². The first-order valence-corrected chi connectivity index (χ1v) is 12.5. The summed E-state index contributed by atoms with van der Waals surface area (Å²) in [4.78, 5) is 28.2. The Labute approximate surface area is 219 Å². The fourth-order valence-corrected chi connectivity index (χ4v) is 4.93. The predicted molar refractivity (Wildman–Crippen MR) is 146 cm³/mol. The summed E-state index contributed by atoms with van der Waals surface area (Å²) in [7, 11) is 0. The molecule has 37 heavy (non-hydrogen) atoms. The van der Waals surface area contributed by atoms with Crippen LogP contribution in [0, 0.1) is 18.3 Å². The average Bonchev–Trinajstić information content (AvgIpc) is 3.32. The summed E-state index contributed by atoms with van der Waals surface area (Å²) in [6.07, 6.45) is 0.762. The van der Waals surface area contributed by atoms with Gasteiger partial charge in [0.25, 0.3) is 5.56 Å². The van der Waals surface area contributed by atoms with Crippen LogP contribution >= 0.6 is 11.6 Å². The van der Waals surface area contributed by atoms with Gasteiger partial charge in [-0.25, -0.2) is 4.98 Å². The number of aliphatic hydroxyl groups is 1. The normalized spacial score (nSPS) is 15.0. The summed E-state index contributed by atoms with van der Waals surface area (Å²) in [5, 5.41) is 23.3. The van der Waals surface area contributed by atoms with Gasteiger partial charge in [0.1, 0.15) is 11.4 Å². The van der Waals surface area contributed by atoms with Gasteiger partial charge in [0.05, 0.1) is 35.4 Å². The van der Waals surface area contributed by atoms with Crippen LogP contribution in [0.5, 0.6) is 0 Å². The molecule has 4 N–H and O–H groups in total. The van der Waals surface area contributed by atoms with Crippen LogP contribution in [0.25, 0.3) is 22.4 Å². The van der Waals surface area contributed by atoms with Crippen molar-refractivity contribution in [3.8, 4) is 17.5 Å². The maximum absolute atomic E-state index is 12.9. The lowest BCUT2D eigenvalue weighted by Gasteiger charge is -2.35. The van der Waals surface area contributed by atoms with Crippen LogP contribution in [0.15, 0.2) is 53.5 Å². The summed E-state index contributed by atoms with van der Waals surface area (Å²) >= 11 is 6.06. The van der Waals surface area contributed by atoms with Crippen LogP contribution in [-0.4, -0.2) is 64.2 Å². The van der Waals surface area contributed by atoms with Crippen molar-refractivity contribution in [1.82, 2.24) is 19.9 Å². The van der Waals surface area contributed by atoms with E-state index in [0.717, 1.165) is 48.5 Å². The van der Waals surface area contributed by atoms with E-state index in [1.54, 1.807) is 36.5 Å². The molecule has 1 unspecified atom stereocenters. The van der Waals surface area contributed by atoms with Gasteiger partial charge in [0.15, 0.2) is 0 Å². The Bertz CT molecular complexity index is 1520. The van der Waals surface area contributed by atoms with Crippen molar-refractivity contribution in [2.75, 3.05) is 49.5 Å². The third-order valence-corrected chi connectivity index (χ3v) is 6.95. The second kappa shape index (κ2) is 10.6. The third kappa shape index (κ3) is 5.32. The Balaban J connectivity index is 1.41. The van der Waals surface area contributed by atoms with Crippen molar-refractivity contribution in [2.45, 2.75) is 13.0 Å². The highest BCUT2D eigenvalue weighted by molar-refractivity contribution is 6.30. The number of anilines is 2. The number of pyridine rings is 1. The number of nitriles is 1. The zero-order chi connectivity index (χ0) is 25.9. The highest BCUT2D eigenvalue weighted by atomic mass is 35.5. The number of aromatic nitrogens is 3. The van der Waals surface area contributed by atoms with Crippen molar-refractivity contribution >= 4 is 34.0 Å². The number of fused-ring (bicyclic) bond motifs is 1. The Kier molecular flexibility index (Phi) is 7.15. The second-order valence-corrected chi connectivity index (χ2v) is 9.65. The second-order valence-electron chi connectivity index (χ2n) is 9.21. The standard InChI is InChI=1S/C27H28ClN7O2/c1-17-13-20(35-11-9-34(8-6-29)10-12-35)15-22-25(17)33-26(32-22)24-21(5-7-30-27(24)37)31-16-23(36)18-3-2-4-19(28)14-18/h2-5,7,13-15,23,36H,8-12,16H2,1H3,(H,32,33)(H2,30,31,37). The molecule has 1 aliphatic heterocycles. The van der Waals surface area contributed by atoms with E-state index in [-0.39, 0.29) is 12.1 Å². The molecule has 9 nitrogen and oxygen atoms in total. The number of rotatable bonds is 7. The lowest BCUT2D eigenvalue weighted by Crippen LogP contribution is -2.46. The van der Waals surface area contributed by atoms with E-state index in [1.807, 2.05) is 6.92 Å². The molecule has 1 fully saturated rings. The number of imidazole rings is 1. The molecular weight excluding hydrogens is 490 g/mol. The van der Waals surface area contributed by atoms with E-state index in [2.05, 4.69) is 43.3 Å². The van der Waals surface area contributed by atoms with Gasteiger partial charge in [0, 0.05) is 49.6 Å². The molecule has 0 spiro atoms. The molecule has 190 valence electrons. The molecule has 0 aliphatic carbocycles. The Morgan fingerprint density at radius 2 is 2.03 bits per heavy atom. The number of piperazine rings is 1. The van der Waals surface area contributed by atoms with Crippen LogP contribution in [0.3, 0.4) is 0 Å². The molecule has 2 aromatic carbocycles. The van der Waals surface area contributed by atoms with Crippen molar-refractivity contribution in [3.05, 3.63) is 75.2 Å². The molecule has 3 heterocycles. The zero-order valence-corrected chi connectivity index (χ0v) is 21.2. The number of aliphatic hydroxyl groups excluding tert-OH is 1. The molecule has 0 amide bonds. The fourth-order valence-electron chi connectivity index (χ4n) is 4.74. The van der Waals surface area contributed by atoms with Gasteiger partial charge >= 0.3 is 0 Å². The average molecular weight is 518 g/mol. The molecule has 5 rings (SSSR count). The van der Waals surface area contributed by atoms with Gasteiger partial charge in [0.2, 0.25) is 0 Å². The fraction of sp³-hybridized carbons (Fsp3) is 0.296. The van der Waals surface area contributed by atoms with Crippen molar-refractivity contribution in [3.63, 3.8) is 0 Å². The number of nitrogens with zero attached hydrogens (tertiary/aromatic N) is 4. The van der Waals surface area contributed by atoms with E-state index in [4.69, 9.17) is 21.8 Å². The Morgan fingerprint density at radius 1 is 1.22 bits per heavy atom. The summed E-state index contributed by atoms with van der Waals surface area (Å²) < 4.78 is 0. The molecule has 1 atom stereocenters. The number of hydrogen-bond donors (Lipinski definition) is 4. The molecule has 0 radical (unpaired) electrons. The van der Waals surface area contributed by atoms with Crippen LogP contribution in [0.1, 0.15) is 17.2 Å². The van der Waals surface area contributed by atoms with Crippen molar-refractivity contribution < 1.29 is 5.11 Å². The van der Waals surface area contributed by atoms with Crippen LogP contribution < -0.4 is 15.8 Å². The molecule has 10 heteroatoms. The monoisotopic (exact) mass is 517 g/mol. The van der Waals surface area contributed by atoms with Crippen molar-refractivity contribution in [1.29, 1.82) is 5.26 Å². The van der Waals surface area contributed by atoms with Crippen LogP contribution in [0.4, 0.5) is 11.4 Å². The minimum Gasteiger partial charge on any atom is -0.387 e. The van der Waals surface area contributed by atoms with E-state index in [1.165, 1.54) is 0 Å². The first-order chi connectivity index (χ1) is 17.9. The number of aryl methyl sites for hydroxylation is 1. The maximum atomic E-state index is 12.9. The third-order valence-electron chi connectivity index (χ3n) is 6.71. The molecule has 2 aromatic heterocycles. The Hall–Kier alpha value is -3.84. The van der Waals surface area contributed by atoms with Gasteiger partial charge in [-0.2, -0.15) is 5.26 Å². The molecule has 0 bridgehead atoms. The minimum absolute atomic E-state index is 0.192. The van der Waals surface area contributed by atoms with E-state index < -0.39 is 6.10 Å². The van der Waals surface area contributed by atoms with Crippen LogP contribution in [-0.2, 0) is 0 Å². The first-order valence-electron chi connectivity index (χ1n) is 12.2. The summed E-state index contributed by atoms with van der Waals surface area (Å²) in [5.74, 6) is 0.454. The quantitative estimate of drug-likeness (QED) is 0.276. The van der Waals surface area contributed by atoms with E-state index >= 15 is 0 Å². The van der Waals surface area contributed by atoms with Crippen LogP contribution in [0.2, 0.25) is 5.02 Å². The molecule has 0 saturated carbocycles. The first kappa shape index (κ1) is 24.8. The summed E-state index contributed by atoms with van der Waals surface area (Å²) in [5.41, 5.74) is 5.08. The number of aromatic amines is 2. The van der Waals surface area contributed by atoms with Gasteiger partial charge in [-0.15, -0.1) is 0 Å². The zero-order valence-electron chi connectivity index (χ0n) is 20.5. The van der Waals surface area contributed by atoms with Crippen molar-refractivity contribution in [2.24, 2.45) is 0 Å². The topological polar surface area (TPSA) is 124 Å². The molecule has 1 aliphatic rings. The summed E-state index contributed by atoms with van der Waals surface area (Å²) in [6.45, 7) is 6.02. The number of nitrogens with one attached hydrogen (secondary N) is 3. The number of H-pyrrole nitrogens is 2. The lowest BCUT2D eigenvalue weighted by molar-refractivity contribution is 0.191. The van der Waals surface area contributed by atoms with E-state index in [9.17, 15) is 9.90 Å². The smallest absolute Gasteiger partial charge is 0.261 e. The largest absolute Gasteiger partial charge is 0.387 e. The highest BCUT2D eigenvalue weighted by Gasteiger charge is 2.20. The predicted octanol–water partition coefficient (Wildman–Crippen LogP) is 3.67. The van der Waals surface area contributed by atoms with Gasteiger partial charge < -0.3 is 25.3 Å². The highest BCUT2D eigenvalue weighted by Crippen LogP contribution is 2.30. The molecule has 4 aromatic rings. The Morgan fingerprint density at radius 3 is 2.78 bits per heavy atom. The number of halogens is 1. The minimum atomic E-state index is -0.806. The lowest BCUT2D eigenvalue weighted by atomic mass is 10.1. The SMILES string of the molecule is Cc1cc(N2CCN(CC#N)CC2)cc2[nH]c(-c3c(NCC(O)c4cccc(Cl)c4)cc[nH]c3=O)nc12. The number of benzene rings is 2.